The van der Waals surface area contributed by atoms with Crippen LogP contribution in [-0.2, 0) is 33.3 Å². The van der Waals surface area contributed by atoms with Gasteiger partial charge in [-0.3, -0.25) is 9.59 Å². The lowest BCUT2D eigenvalue weighted by Crippen LogP contribution is -2.68. The van der Waals surface area contributed by atoms with E-state index < -0.39 is 82.7 Å². The molecule has 0 amide bonds. The van der Waals surface area contributed by atoms with Crippen molar-refractivity contribution in [2.75, 3.05) is 0 Å². The Labute approximate surface area is 240 Å². The Balaban J connectivity index is 1.82. The van der Waals surface area contributed by atoms with Gasteiger partial charge in [0.05, 0.1) is 11.7 Å². The Morgan fingerprint density at radius 3 is 2.32 bits per heavy atom. The number of hydrogen-bond acceptors (Lipinski definition) is 11. The third-order valence-corrected chi connectivity index (χ3v) is 9.55. The van der Waals surface area contributed by atoms with E-state index in [1.807, 2.05) is 0 Å². The van der Waals surface area contributed by atoms with E-state index >= 15 is 0 Å². The summed E-state index contributed by atoms with van der Waals surface area (Å²) >= 11 is 0. The Kier molecular flexibility index (Phi) is 8.54. The second-order valence-electron chi connectivity index (χ2n) is 12.6. The topological polar surface area (TPSA) is 172 Å². The molecule has 2 aliphatic heterocycles. The Morgan fingerprint density at radius 2 is 1.71 bits per heavy atom. The Hall–Kier alpha value is -2.31. The molecule has 2 aliphatic carbocycles. The molecule has 11 heteroatoms. The van der Waals surface area contributed by atoms with Gasteiger partial charge in [-0.15, -0.1) is 0 Å². The van der Waals surface area contributed by atoms with Crippen LogP contribution in [0.5, 0.6) is 0 Å². The fraction of sp³-hybridized carbons (Fsp3) is 0.767. The van der Waals surface area contributed by atoms with Crippen molar-refractivity contribution >= 4 is 17.9 Å². The lowest BCUT2D eigenvalue weighted by molar-refractivity contribution is -0.220. The number of hydrogen-bond donors (Lipinski definition) is 4. The quantitative estimate of drug-likeness (QED) is 0.108. The molecule has 0 saturated carbocycles. The highest BCUT2D eigenvalue weighted by Gasteiger charge is 2.87. The number of aliphatic hydroxyl groups excluding tert-OH is 3. The van der Waals surface area contributed by atoms with Gasteiger partial charge in [-0.25, -0.2) is 4.79 Å². The van der Waals surface area contributed by atoms with Crippen molar-refractivity contribution in [2.24, 2.45) is 11.3 Å². The van der Waals surface area contributed by atoms with E-state index in [0.717, 1.165) is 32.6 Å². The minimum absolute atomic E-state index is 0.120. The van der Waals surface area contributed by atoms with Crippen LogP contribution in [0, 0.1) is 11.3 Å². The predicted octanol–water partition coefficient (Wildman–Crippen LogP) is 1.63. The van der Waals surface area contributed by atoms with Crippen LogP contribution >= 0.6 is 0 Å². The molecule has 0 aromatic carbocycles. The van der Waals surface area contributed by atoms with Gasteiger partial charge in [-0.05, 0) is 38.8 Å². The first-order chi connectivity index (χ1) is 19.1. The highest BCUT2D eigenvalue weighted by molar-refractivity contribution is 5.89. The molecule has 0 unspecified atom stereocenters. The van der Waals surface area contributed by atoms with Crippen molar-refractivity contribution in [3.8, 4) is 0 Å². The van der Waals surface area contributed by atoms with E-state index in [0.29, 0.717) is 12.0 Å². The molecule has 41 heavy (non-hydrogen) atoms. The third-order valence-electron chi connectivity index (χ3n) is 9.55. The molecular formula is C30H44O11. The van der Waals surface area contributed by atoms with Crippen LogP contribution in [0.4, 0.5) is 0 Å². The second kappa shape index (κ2) is 11.1. The number of epoxide rings is 1. The SMILES string of the molecule is CCCCCCCC(=O)O[C@H]1/C(C)=C\[C@@H]2OC(=O)[C@]3(C)O[C@]23[C@H](OC(C)=O)[C@H]2[C@](C)(O)[C@H](O)C=C[C@]2(C)[C@@H](O)[C@H]1O. The molecule has 0 aromatic rings. The summed E-state index contributed by atoms with van der Waals surface area (Å²) in [6, 6.07) is 0. The molecule has 230 valence electrons. The first-order valence-corrected chi connectivity index (χ1v) is 14.5. The van der Waals surface area contributed by atoms with Crippen molar-refractivity contribution in [3.63, 3.8) is 0 Å². The summed E-state index contributed by atoms with van der Waals surface area (Å²) in [5.41, 5.74) is -6.52. The predicted molar refractivity (Wildman–Crippen MR) is 144 cm³/mol. The fourth-order valence-electron chi connectivity index (χ4n) is 7.09. The van der Waals surface area contributed by atoms with Crippen molar-refractivity contribution in [3.05, 3.63) is 23.8 Å². The largest absolute Gasteiger partial charge is 0.459 e. The van der Waals surface area contributed by atoms with Crippen LogP contribution in [0.15, 0.2) is 23.8 Å². The second-order valence-corrected chi connectivity index (χ2v) is 12.6. The first kappa shape index (κ1) is 31.6. The maximum atomic E-state index is 13.1. The molecule has 4 rings (SSSR count). The molecule has 2 saturated heterocycles. The van der Waals surface area contributed by atoms with E-state index in [9.17, 15) is 34.8 Å². The highest BCUT2D eigenvalue weighted by Crippen LogP contribution is 2.65. The number of aliphatic hydroxyl groups is 4. The molecule has 0 radical (unpaired) electrons. The van der Waals surface area contributed by atoms with Crippen molar-refractivity contribution in [2.45, 2.75) is 133 Å². The monoisotopic (exact) mass is 580 g/mol. The number of carbonyl (C=O) groups excluding carboxylic acids is 3. The summed E-state index contributed by atoms with van der Waals surface area (Å²) in [6.45, 7) is 9.18. The summed E-state index contributed by atoms with van der Waals surface area (Å²) in [4.78, 5) is 38.4. The lowest BCUT2D eigenvalue weighted by atomic mass is 9.55. The smallest absolute Gasteiger partial charge is 0.342 e. The maximum absolute atomic E-state index is 13.1. The normalized spacial score (nSPS) is 46.2. The zero-order chi connectivity index (χ0) is 30.5. The Morgan fingerprint density at radius 1 is 1.05 bits per heavy atom. The van der Waals surface area contributed by atoms with E-state index in [-0.39, 0.29) is 6.42 Å². The summed E-state index contributed by atoms with van der Waals surface area (Å²) in [5.74, 6) is -3.35. The van der Waals surface area contributed by atoms with Crippen LogP contribution in [0.25, 0.3) is 0 Å². The van der Waals surface area contributed by atoms with Gasteiger partial charge in [0.2, 0.25) is 0 Å². The number of fused-ring (bicyclic) bond motifs is 1. The van der Waals surface area contributed by atoms with Gasteiger partial charge in [0.15, 0.2) is 23.4 Å². The van der Waals surface area contributed by atoms with Gasteiger partial charge >= 0.3 is 17.9 Å². The number of carbonyl (C=O) groups is 3. The van der Waals surface area contributed by atoms with E-state index in [2.05, 4.69) is 6.92 Å². The summed E-state index contributed by atoms with van der Waals surface area (Å²) in [5, 5.41) is 45.9. The molecule has 4 N–H and O–H groups in total. The zero-order valence-electron chi connectivity index (χ0n) is 24.7. The lowest BCUT2D eigenvalue weighted by Gasteiger charge is -2.55. The van der Waals surface area contributed by atoms with Gasteiger partial charge < -0.3 is 39.4 Å². The average molecular weight is 581 g/mol. The van der Waals surface area contributed by atoms with Crippen LogP contribution in [0.3, 0.4) is 0 Å². The van der Waals surface area contributed by atoms with Gasteiger partial charge in [0.1, 0.15) is 18.3 Å². The van der Waals surface area contributed by atoms with Gasteiger partial charge in [-0.2, -0.15) is 0 Å². The Bertz CT molecular complexity index is 1110. The highest BCUT2D eigenvalue weighted by atomic mass is 16.7. The molecular weight excluding hydrogens is 536 g/mol. The minimum atomic E-state index is -2.04. The number of unbranched alkanes of at least 4 members (excludes halogenated alkanes) is 4. The third kappa shape index (κ3) is 5.03. The molecule has 2 heterocycles. The van der Waals surface area contributed by atoms with Gasteiger partial charge in [0, 0.05) is 24.7 Å². The molecule has 4 aliphatic rings. The van der Waals surface area contributed by atoms with Gasteiger partial charge in [-0.1, -0.05) is 51.7 Å². The summed E-state index contributed by atoms with van der Waals surface area (Å²) in [7, 11) is 0. The first-order valence-electron chi connectivity index (χ1n) is 14.5. The molecule has 0 bridgehead atoms. The van der Waals surface area contributed by atoms with Crippen molar-refractivity contribution < 1.29 is 53.8 Å². The van der Waals surface area contributed by atoms with E-state index in [1.165, 1.54) is 39.0 Å². The molecule has 0 aromatic heterocycles. The van der Waals surface area contributed by atoms with E-state index in [4.69, 9.17) is 18.9 Å². The van der Waals surface area contributed by atoms with Crippen molar-refractivity contribution in [1.29, 1.82) is 0 Å². The van der Waals surface area contributed by atoms with Gasteiger partial charge in [0.25, 0.3) is 0 Å². The van der Waals surface area contributed by atoms with Crippen LogP contribution in [-0.4, -0.2) is 91.8 Å². The summed E-state index contributed by atoms with van der Waals surface area (Å²) in [6.07, 6.45) is 0.148. The van der Waals surface area contributed by atoms with Crippen LogP contribution in [0.1, 0.15) is 80.1 Å². The fourth-order valence-corrected chi connectivity index (χ4v) is 7.09. The molecule has 11 nitrogen and oxygen atoms in total. The molecule has 1 spiro atoms. The van der Waals surface area contributed by atoms with Crippen LogP contribution in [0.2, 0.25) is 0 Å². The minimum Gasteiger partial charge on any atom is -0.459 e. The van der Waals surface area contributed by atoms with Crippen molar-refractivity contribution in [1.82, 2.24) is 0 Å². The average Bonchev–Trinajstić information content (AvgIpc) is 3.48. The maximum Gasteiger partial charge on any atom is 0.342 e. The molecule has 2 fully saturated rings. The number of esters is 3. The number of ether oxygens (including phenoxy) is 4. The standard InChI is InChI=1S/C30H44O11/c1-7-8-9-10-11-12-20(33)40-22-16(2)15-19-30(29(6,41-30)26(36)39-19)25(38-17(3)31)23-27(4,24(35)21(22)34)14-13-18(32)28(23,5)37/h13-15,18-19,21-25,32,34-35,37H,7-12H2,1-6H3/b16-15-/t18-,19+,21+,22+,23-,24+,25-,27+,28-,29+,30+/m1/s1. The zero-order valence-corrected chi connectivity index (χ0v) is 24.7. The number of rotatable bonds is 8. The molecule has 11 atom stereocenters. The van der Waals surface area contributed by atoms with E-state index in [1.54, 1.807) is 6.92 Å². The van der Waals surface area contributed by atoms with Crippen LogP contribution < -0.4 is 0 Å². The summed E-state index contributed by atoms with van der Waals surface area (Å²) < 4.78 is 23.3.